The lowest BCUT2D eigenvalue weighted by molar-refractivity contribution is -0.162. The van der Waals surface area contributed by atoms with Gasteiger partial charge in [0.15, 0.2) is 0 Å². The molecule has 102 valence electrons. The molecule has 1 aliphatic heterocycles. The van der Waals surface area contributed by atoms with Gasteiger partial charge in [0.1, 0.15) is 11.1 Å². The van der Waals surface area contributed by atoms with Crippen molar-refractivity contribution in [3.63, 3.8) is 0 Å². The number of nitrogens with zero attached hydrogens (tertiary/aromatic N) is 1. The van der Waals surface area contributed by atoms with E-state index in [0.717, 1.165) is 6.54 Å². The number of carbonyl (C=O) groups is 2. The van der Waals surface area contributed by atoms with Gasteiger partial charge in [0.05, 0.1) is 0 Å². The maximum absolute atomic E-state index is 12.6. The SMILES string of the molecule is CCC1(CC)C(=O)NC(C)(C)C(=O)N1CC1CC1. The van der Waals surface area contributed by atoms with Crippen LogP contribution in [0.1, 0.15) is 53.4 Å². The smallest absolute Gasteiger partial charge is 0.248 e. The fourth-order valence-electron chi connectivity index (χ4n) is 2.88. The van der Waals surface area contributed by atoms with Gasteiger partial charge in [-0.15, -0.1) is 0 Å². The lowest BCUT2D eigenvalue weighted by Crippen LogP contribution is -2.74. The van der Waals surface area contributed by atoms with E-state index in [1.165, 1.54) is 12.8 Å². The molecule has 0 aromatic carbocycles. The summed E-state index contributed by atoms with van der Waals surface area (Å²) in [7, 11) is 0. The van der Waals surface area contributed by atoms with Crippen molar-refractivity contribution in [1.29, 1.82) is 0 Å². The zero-order valence-corrected chi connectivity index (χ0v) is 11.9. The van der Waals surface area contributed by atoms with Crippen LogP contribution >= 0.6 is 0 Å². The van der Waals surface area contributed by atoms with Gasteiger partial charge < -0.3 is 10.2 Å². The normalized spacial score (nSPS) is 26.1. The maximum Gasteiger partial charge on any atom is 0.248 e. The Balaban J connectivity index is 2.35. The second-order valence-corrected chi connectivity index (χ2v) is 6.18. The van der Waals surface area contributed by atoms with Crippen LogP contribution in [0.4, 0.5) is 0 Å². The van der Waals surface area contributed by atoms with Gasteiger partial charge in [-0.3, -0.25) is 9.59 Å². The van der Waals surface area contributed by atoms with Gasteiger partial charge in [-0.25, -0.2) is 0 Å². The first-order chi connectivity index (χ1) is 8.37. The Morgan fingerprint density at radius 3 is 2.22 bits per heavy atom. The predicted molar refractivity (Wildman–Crippen MR) is 70.0 cm³/mol. The molecule has 1 saturated carbocycles. The molecule has 2 rings (SSSR count). The summed E-state index contributed by atoms with van der Waals surface area (Å²) in [6, 6.07) is 0. The minimum Gasteiger partial charge on any atom is -0.340 e. The van der Waals surface area contributed by atoms with E-state index < -0.39 is 11.1 Å². The van der Waals surface area contributed by atoms with Crippen LogP contribution in [-0.4, -0.2) is 34.3 Å². The molecule has 0 aromatic heterocycles. The highest BCUT2D eigenvalue weighted by Crippen LogP contribution is 2.37. The molecule has 0 spiro atoms. The molecule has 2 fully saturated rings. The van der Waals surface area contributed by atoms with Crippen molar-refractivity contribution in [3.05, 3.63) is 0 Å². The molecule has 0 aromatic rings. The molecular weight excluding hydrogens is 228 g/mol. The Kier molecular flexibility index (Phi) is 3.16. The van der Waals surface area contributed by atoms with Crippen molar-refractivity contribution in [2.45, 2.75) is 64.5 Å². The maximum atomic E-state index is 12.6. The fraction of sp³-hybridized carbons (Fsp3) is 0.857. The van der Waals surface area contributed by atoms with Gasteiger partial charge in [0.2, 0.25) is 11.8 Å². The number of amides is 2. The summed E-state index contributed by atoms with van der Waals surface area (Å²) in [6.45, 7) is 8.32. The molecule has 0 unspecified atom stereocenters. The van der Waals surface area contributed by atoms with Gasteiger partial charge in [-0.05, 0) is 45.4 Å². The predicted octanol–water partition coefficient (Wildman–Crippen LogP) is 1.69. The average Bonchev–Trinajstić information content (AvgIpc) is 3.10. The molecule has 0 atom stereocenters. The number of hydrogen-bond donors (Lipinski definition) is 1. The topological polar surface area (TPSA) is 49.4 Å². The highest BCUT2D eigenvalue weighted by Gasteiger charge is 2.54. The molecule has 18 heavy (non-hydrogen) atoms. The summed E-state index contributed by atoms with van der Waals surface area (Å²) in [4.78, 5) is 26.9. The molecular formula is C14H24N2O2. The first-order valence-electron chi connectivity index (χ1n) is 7.02. The van der Waals surface area contributed by atoms with Gasteiger partial charge in [-0.2, -0.15) is 0 Å². The van der Waals surface area contributed by atoms with Crippen molar-refractivity contribution in [2.75, 3.05) is 6.54 Å². The van der Waals surface area contributed by atoms with E-state index in [9.17, 15) is 9.59 Å². The molecule has 1 heterocycles. The molecule has 0 radical (unpaired) electrons. The highest BCUT2D eigenvalue weighted by molar-refractivity contribution is 6.01. The summed E-state index contributed by atoms with van der Waals surface area (Å²) in [6.07, 6.45) is 3.75. The minimum atomic E-state index is -0.764. The highest BCUT2D eigenvalue weighted by atomic mass is 16.2. The van der Waals surface area contributed by atoms with Crippen LogP contribution in [0, 0.1) is 5.92 Å². The average molecular weight is 252 g/mol. The number of hydrogen-bond acceptors (Lipinski definition) is 2. The van der Waals surface area contributed by atoms with Gasteiger partial charge in [-0.1, -0.05) is 13.8 Å². The minimum absolute atomic E-state index is 0.0118. The van der Waals surface area contributed by atoms with Crippen LogP contribution in [0.5, 0.6) is 0 Å². The van der Waals surface area contributed by atoms with E-state index in [2.05, 4.69) is 5.32 Å². The fourth-order valence-corrected chi connectivity index (χ4v) is 2.88. The summed E-state index contributed by atoms with van der Waals surface area (Å²) in [5.74, 6) is 0.684. The molecule has 2 amide bonds. The summed E-state index contributed by atoms with van der Waals surface area (Å²) in [5.41, 5.74) is -1.39. The van der Waals surface area contributed by atoms with Crippen LogP contribution in [0.3, 0.4) is 0 Å². The Labute approximate surface area is 109 Å². The number of rotatable bonds is 4. The third-order valence-corrected chi connectivity index (χ3v) is 4.45. The number of carbonyl (C=O) groups excluding carboxylic acids is 2. The summed E-state index contributed by atoms with van der Waals surface area (Å²) >= 11 is 0. The van der Waals surface area contributed by atoms with Crippen LogP contribution in [-0.2, 0) is 9.59 Å². The molecule has 2 aliphatic rings. The lowest BCUT2D eigenvalue weighted by atomic mass is 9.82. The Bertz CT molecular complexity index is 368. The van der Waals surface area contributed by atoms with Crippen LogP contribution < -0.4 is 5.32 Å². The van der Waals surface area contributed by atoms with E-state index in [0.29, 0.717) is 18.8 Å². The third kappa shape index (κ3) is 1.91. The van der Waals surface area contributed by atoms with E-state index in [4.69, 9.17) is 0 Å². The standard InChI is InChI=1S/C14H24N2O2/c1-5-14(6-2)11(17)15-13(3,4)12(18)16(14)9-10-7-8-10/h10H,5-9H2,1-4H3,(H,15,17). The third-order valence-electron chi connectivity index (χ3n) is 4.45. The second kappa shape index (κ2) is 4.25. The molecule has 1 N–H and O–H groups in total. The van der Waals surface area contributed by atoms with Crippen LogP contribution in [0.25, 0.3) is 0 Å². The molecule has 1 saturated heterocycles. The first-order valence-corrected chi connectivity index (χ1v) is 7.02. The van der Waals surface area contributed by atoms with Gasteiger partial charge >= 0.3 is 0 Å². The number of piperazine rings is 1. The molecule has 1 aliphatic carbocycles. The van der Waals surface area contributed by atoms with Crippen molar-refractivity contribution in [2.24, 2.45) is 5.92 Å². The van der Waals surface area contributed by atoms with E-state index >= 15 is 0 Å². The Hall–Kier alpha value is -1.06. The summed E-state index contributed by atoms with van der Waals surface area (Å²) in [5, 5.41) is 2.89. The van der Waals surface area contributed by atoms with Crippen molar-refractivity contribution in [1.82, 2.24) is 10.2 Å². The Morgan fingerprint density at radius 1 is 1.22 bits per heavy atom. The molecule has 0 bridgehead atoms. The second-order valence-electron chi connectivity index (χ2n) is 6.18. The van der Waals surface area contributed by atoms with Crippen molar-refractivity contribution in [3.8, 4) is 0 Å². The largest absolute Gasteiger partial charge is 0.340 e. The summed E-state index contributed by atoms with van der Waals surface area (Å²) < 4.78 is 0. The van der Waals surface area contributed by atoms with Crippen LogP contribution in [0.2, 0.25) is 0 Å². The van der Waals surface area contributed by atoms with E-state index in [1.54, 1.807) is 13.8 Å². The zero-order chi connectivity index (χ0) is 13.6. The Morgan fingerprint density at radius 2 is 1.78 bits per heavy atom. The monoisotopic (exact) mass is 252 g/mol. The van der Waals surface area contributed by atoms with Gasteiger partial charge in [0.25, 0.3) is 0 Å². The quantitative estimate of drug-likeness (QED) is 0.827. The lowest BCUT2D eigenvalue weighted by Gasteiger charge is -2.50. The van der Waals surface area contributed by atoms with E-state index in [1.807, 2.05) is 18.7 Å². The zero-order valence-electron chi connectivity index (χ0n) is 11.9. The molecule has 4 nitrogen and oxygen atoms in total. The van der Waals surface area contributed by atoms with Gasteiger partial charge in [0, 0.05) is 6.54 Å². The van der Waals surface area contributed by atoms with E-state index in [-0.39, 0.29) is 11.8 Å². The van der Waals surface area contributed by atoms with Crippen LogP contribution in [0.15, 0.2) is 0 Å². The number of nitrogens with one attached hydrogen (secondary N) is 1. The first kappa shape index (κ1) is 13.4. The van der Waals surface area contributed by atoms with Crippen molar-refractivity contribution < 1.29 is 9.59 Å². The molecule has 4 heteroatoms. The van der Waals surface area contributed by atoms with Crippen molar-refractivity contribution >= 4 is 11.8 Å².